The number of hydrogen-bond acceptors (Lipinski definition) is 4. The average Bonchev–Trinajstić information content (AvgIpc) is 2.65. The van der Waals surface area contributed by atoms with Gasteiger partial charge in [0.05, 0.1) is 5.56 Å². The molecule has 76 valence electrons. The highest BCUT2D eigenvalue weighted by atomic mass is 16.4. The third-order valence-electron chi connectivity index (χ3n) is 1.87. The van der Waals surface area contributed by atoms with Crippen molar-refractivity contribution in [3.8, 4) is 11.3 Å². The van der Waals surface area contributed by atoms with E-state index in [0.29, 0.717) is 11.3 Å². The van der Waals surface area contributed by atoms with Gasteiger partial charge in [0.15, 0.2) is 0 Å². The Morgan fingerprint density at radius 1 is 1.33 bits per heavy atom. The lowest BCUT2D eigenvalue weighted by atomic mass is 10.2. The van der Waals surface area contributed by atoms with Crippen LogP contribution in [0.2, 0.25) is 0 Å². The Hall–Kier alpha value is -2.17. The van der Waals surface area contributed by atoms with E-state index in [1.165, 1.54) is 12.4 Å². The number of aromatic carboxylic acids is 1. The summed E-state index contributed by atoms with van der Waals surface area (Å²) in [5, 5.41) is 8.60. The first-order valence-corrected chi connectivity index (χ1v) is 4.29. The van der Waals surface area contributed by atoms with Crippen molar-refractivity contribution in [2.45, 2.75) is 6.92 Å². The molecule has 2 rings (SSSR count). The molecule has 5 nitrogen and oxygen atoms in total. The second-order valence-electron chi connectivity index (χ2n) is 3.01. The van der Waals surface area contributed by atoms with Gasteiger partial charge in [0.1, 0.15) is 11.5 Å². The van der Waals surface area contributed by atoms with Crippen LogP contribution < -0.4 is 0 Å². The summed E-state index contributed by atoms with van der Waals surface area (Å²) in [6.07, 6.45) is 2.85. The largest absolute Gasteiger partial charge is 0.475 e. The third kappa shape index (κ3) is 1.85. The molecular weight excluding hydrogens is 196 g/mol. The van der Waals surface area contributed by atoms with Gasteiger partial charge in [-0.2, -0.15) is 0 Å². The van der Waals surface area contributed by atoms with Crippen LogP contribution in [0.1, 0.15) is 16.4 Å². The Balaban J connectivity index is 2.35. The van der Waals surface area contributed by atoms with Gasteiger partial charge in [0.25, 0.3) is 0 Å². The Morgan fingerprint density at radius 3 is 2.47 bits per heavy atom. The van der Waals surface area contributed by atoms with Crippen LogP contribution in [0.5, 0.6) is 0 Å². The molecule has 0 atom stereocenters. The van der Waals surface area contributed by atoms with Crippen LogP contribution in [0, 0.1) is 6.92 Å². The highest BCUT2D eigenvalue weighted by molar-refractivity contribution is 5.83. The maximum Gasteiger partial charge on any atom is 0.373 e. The van der Waals surface area contributed by atoms with E-state index in [9.17, 15) is 4.79 Å². The minimum Gasteiger partial charge on any atom is -0.475 e. The highest BCUT2D eigenvalue weighted by Gasteiger charge is 2.08. The van der Waals surface area contributed by atoms with E-state index in [1.807, 2.05) is 13.0 Å². The molecule has 0 aliphatic heterocycles. The topological polar surface area (TPSA) is 76.2 Å². The first kappa shape index (κ1) is 9.39. The van der Waals surface area contributed by atoms with Crippen LogP contribution in [0.3, 0.4) is 0 Å². The van der Waals surface area contributed by atoms with Gasteiger partial charge in [-0.3, -0.25) is 0 Å². The quantitative estimate of drug-likeness (QED) is 0.806. The Bertz CT molecular complexity index is 488. The molecular formula is C10H8N2O3. The maximum atomic E-state index is 10.5. The van der Waals surface area contributed by atoms with Gasteiger partial charge in [0, 0.05) is 12.4 Å². The van der Waals surface area contributed by atoms with E-state index in [0.717, 1.165) is 5.76 Å². The van der Waals surface area contributed by atoms with Crippen molar-refractivity contribution in [2.75, 3.05) is 0 Å². The van der Waals surface area contributed by atoms with Crippen molar-refractivity contribution in [2.24, 2.45) is 0 Å². The summed E-state index contributed by atoms with van der Waals surface area (Å²) in [5.41, 5.74) is 0.660. The SMILES string of the molecule is Cc1ccc(-c2cnc(C(=O)O)nc2)o1. The average molecular weight is 204 g/mol. The van der Waals surface area contributed by atoms with Crippen LogP contribution in [0.25, 0.3) is 11.3 Å². The van der Waals surface area contributed by atoms with Crippen molar-refractivity contribution >= 4 is 5.97 Å². The highest BCUT2D eigenvalue weighted by Crippen LogP contribution is 2.19. The summed E-state index contributed by atoms with van der Waals surface area (Å²) in [6, 6.07) is 3.61. The molecule has 0 fully saturated rings. The standard InChI is InChI=1S/C10H8N2O3/c1-6-2-3-8(15-6)7-4-11-9(10(13)14)12-5-7/h2-5H,1H3,(H,13,14). The van der Waals surface area contributed by atoms with Crippen LogP contribution in [-0.4, -0.2) is 21.0 Å². The molecule has 0 saturated heterocycles. The second-order valence-corrected chi connectivity index (χ2v) is 3.01. The number of carbonyl (C=O) groups is 1. The van der Waals surface area contributed by atoms with Crippen LogP contribution >= 0.6 is 0 Å². The molecule has 1 N–H and O–H groups in total. The molecule has 0 amide bonds. The number of aromatic nitrogens is 2. The number of furan rings is 1. The lowest BCUT2D eigenvalue weighted by molar-refractivity contribution is 0.0683. The number of nitrogens with zero attached hydrogens (tertiary/aromatic N) is 2. The second kappa shape index (κ2) is 3.53. The Morgan fingerprint density at radius 2 is 2.00 bits per heavy atom. The normalized spacial score (nSPS) is 10.2. The Kier molecular flexibility index (Phi) is 2.21. The summed E-state index contributed by atoms with van der Waals surface area (Å²) >= 11 is 0. The third-order valence-corrected chi connectivity index (χ3v) is 1.87. The molecule has 2 aromatic rings. The predicted octanol–water partition coefficient (Wildman–Crippen LogP) is 1.74. The van der Waals surface area contributed by atoms with Crippen molar-refractivity contribution in [3.63, 3.8) is 0 Å². The van der Waals surface area contributed by atoms with E-state index in [1.54, 1.807) is 6.07 Å². The predicted molar refractivity (Wildman–Crippen MR) is 51.4 cm³/mol. The first-order chi connectivity index (χ1) is 7.16. The van der Waals surface area contributed by atoms with E-state index in [-0.39, 0.29) is 5.82 Å². The summed E-state index contributed by atoms with van der Waals surface area (Å²) in [7, 11) is 0. The lowest BCUT2D eigenvalue weighted by Crippen LogP contribution is -2.02. The van der Waals surface area contributed by atoms with Crippen LogP contribution in [0.15, 0.2) is 28.9 Å². The number of rotatable bonds is 2. The molecule has 15 heavy (non-hydrogen) atoms. The van der Waals surface area contributed by atoms with E-state index in [4.69, 9.17) is 9.52 Å². The molecule has 0 spiro atoms. The van der Waals surface area contributed by atoms with Crippen molar-refractivity contribution in [1.82, 2.24) is 9.97 Å². The van der Waals surface area contributed by atoms with E-state index in [2.05, 4.69) is 9.97 Å². The zero-order chi connectivity index (χ0) is 10.8. The molecule has 0 bridgehead atoms. The smallest absolute Gasteiger partial charge is 0.373 e. The molecule has 2 aromatic heterocycles. The molecule has 0 radical (unpaired) electrons. The van der Waals surface area contributed by atoms with Gasteiger partial charge in [-0.15, -0.1) is 0 Å². The zero-order valence-electron chi connectivity index (χ0n) is 7.97. The molecule has 0 saturated carbocycles. The van der Waals surface area contributed by atoms with Crippen molar-refractivity contribution < 1.29 is 14.3 Å². The van der Waals surface area contributed by atoms with Gasteiger partial charge in [-0.1, -0.05) is 0 Å². The molecule has 0 aliphatic rings. The number of carboxylic acids is 1. The summed E-state index contributed by atoms with van der Waals surface area (Å²) in [4.78, 5) is 17.9. The first-order valence-electron chi connectivity index (χ1n) is 4.29. The summed E-state index contributed by atoms with van der Waals surface area (Å²) in [6.45, 7) is 1.83. The zero-order valence-corrected chi connectivity index (χ0v) is 7.97. The van der Waals surface area contributed by atoms with Gasteiger partial charge < -0.3 is 9.52 Å². The van der Waals surface area contributed by atoms with Crippen LogP contribution in [-0.2, 0) is 0 Å². The summed E-state index contributed by atoms with van der Waals surface area (Å²) in [5.74, 6) is 0.0518. The lowest BCUT2D eigenvalue weighted by Gasteiger charge is -1.96. The minimum atomic E-state index is -1.14. The number of aryl methyl sites for hydroxylation is 1. The Labute approximate surface area is 85.4 Å². The minimum absolute atomic E-state index is 0.220. The monoisotopic (exact) mass is 204 g/mol. The molecule has 0 aliphatic carbocycles. The fraction of sp³-hybridized carbons (Fsp3) is 0.100. The van der Waals surface area contributed by atoms with Gasteiger partial charge >= 0.3 is 5.97 Å². The fourth-order valence-electron chi connectivity index (χ4n) is 1.16. The van der Waals surface area contributed by atoms with E-state index >= 15 is 0 Å². The maximum absolute atomic E-state index is 10.5. The van der Waals surface area contributed by atoms with Crippen molar-refractivity contribution in [1.29, 1.82) is 0 Å². The molecule has 2 heterocycles. The molecule has 5 heteroatoms. The van der Waals surface area contributed by atoms with Crippen LogP contribution in [0.4, 0.5) is 0 Å². The fourth-order valence-corrected chi connectivity index (χ4v) is 1.16. The van der Waals surface area contributed by atoms with Gasteiger partial charge in [-0.25, -0.2) is 14.8 Å². The summed E-state index contributed by atoms with van der Waals surface area (Å²) < 4.78 is 5.34. The van der Waals surface area contributed by atoms with Gasteiger partial charge in [0.2, 0.25) is 5.82 Å². The van der Waals surface area contributed by atoms with Gasteiger partial charge in [-0.05, 0) is 19.1 Å². The number of carboxylic acid groups (broad SMARTS) is 1. The molecule has 0 aromatic carbocycles. The van der Waals surface area contributed by atoms with Crippen molar-refractivity contribution in [3.05, 3.63) is 36.1 Å². The molecule has 0 unspecified atom stereocenters. The van der Waals surface area contributed by atoms with E-state index < -0.39 is 5.97 Å². The number of hydrogen-bond donors (Lipinski definition) is 1.